The van der Waals surface area contributed by atoms with E-state index in [9.17, 15) is 4.79 Å². The predicted molar refractivity (Wildman–Crippen MR) is 69.0 cm³/mol. The largest absolute Gasteiger partial charge is 0.397 e. The van der Waals surface area contributed by atoms with Gasteiger partial charge in [0.05, 0.1) is 12.3 Å². The molecule has 1 amide bonds. The fraction of sp³-hybridized carbons (Fsp3) is 0.0833. The highest BCUT2D eigenvalue weighted by Gasteiger charge is 2.10. The first kappa shape index (κ1) is 11.6. The first-order chi connectivity index (χ1) is 8.20. The van der Waals surface area contributed by atoms with E-state index >= 15 is 0 Å². The molecule has 0 fully saturated rings. The molecule has 0 saturated heterocycles. The van der Waals surface area contributed by atoms with Crippen molar-refractivity contribution in [3.05, 3.63) is 46.2 Å². The van der Waals surface area contributed by atoms with Crippen LogP contribution in [0.25, 0.3) is 0 Å². The highest BCUT2D eigenvalue weighted by Crippen LogP contribution is 2.20. The Hall–Kier alpha value is -1.85. The Morgan fingerprint density at radius 2 is 2.00 bits per heavy atom. The van der Waals surface area contributed by atoms with Crippen LogP contribution in [0, 0.1) is 0 Å². The number of amides is 1. The summed E-state index contributed by atoms with van der Waals surface area (Å²) in [6.45, 7) is -0.00784. The molecule has 0 bridgehead atoms. The van der Waals surface area contributed by atoms with Gasteiger partial charge in [0, 0.05) is 5.69 Å². The van der Waals surface area contributed by atoms with Gasteiger partial charge in [-0.3, -0.25) is 4.79 Å². The molecule has 1 aromatic carbocycles. The third-order valence-electron chi connectivity index (χ3n) is 2.30. The van der Waals surface area contributed by atoms with Crippen molar-refractivity contribution in [3.63, 3.8) is 0 Å². The maximum atomic E-state index is 11.8. The molecule has 1 aromatic heterocycles. The Morgan fingerprint density at radius 1 is 1.29 bits per heavy atom. The van der Waals surface area contributed by atoms with E-state index in [4.69, 9.17) is 10.8 Å². The molecule has 0 radical (unpaired) electrons. The van der Waals surface area contributed by atoms with Gasteiger partial charge in [-0.25, -0.2) is 0 Å². The van der Waals surface area contributed by atoms with Gasteiger partial charge in [0.15, 0.2) is 0 Å². The third kappa shape index (κ3) is 2.64. The van der Waals surface area contributed by atoms with Gasteiger partial charge >= 0.3 is 0 Å². The summed E-state index contributed by atoms with van der Waals surface area (Å²) in [5, 5.41) is 13.4. The van der Waals surface area contributed by atoms with Crippen LogP contribution in [0.15, 0.2) is 35.7 Å². The lowest BCUT2D eigenvalue weighted by Gasteiger charge is -2.05. The number of nitrogens with one attached hydrogen (secondary N) is 1. The van der Waals surface area contributed by atoms with Crippen LogP contribution >= 0.6 is 11.3 Å². The van der Waals surface area contributed by atoms with Crippen molar-refractivity contribution in [1.82, 2.24) is 0 Å². The molecule has 0 saturated carbocycles. The second kappa shape index (κ2) is 4.99. The average molecular weight is 248 g/mol. The third-order valence-corrected chi connectivity index (χ3v) is 3.23. The Kier molecular flexibility index (Phi) is 3.41. The number of hydrogen-bond donors (Lipinski definition) is 3. The van der Waals surface area contributed by atoms with E-state index in [1.807, 2.05) is 0 Å². The quantitative estimate of drug-likeness (QED) is 0.778. The number of aliphatic hydroxyl groups excluding tert-OH is 1. The van der Waals surface area contributed by atoms with Crippen molar-refractivity contribution >= 4 is 28.6 Å². The van der Waals surface area contributed by atoms with Crippen molar-refractivity contribution in [2.75, 3.05) is 11.1 Å². The molecule has 88 valence electrons. The van der Waals surface area contributed by atoms with Crippen LogP contribution in [0.2, 0.25) is 0 Å². The molecule has 4 N–H and O–H groups in total. The molecular weight excluding hydrogens is 236 g/mol. The molecular formula is C12H12N2O2S. The van der Waals surface area contributed by atoms with Crippen LogP contribution in [0.1, 0.15) is 15.2 Å². The van der Waals surface area contributed by atoms with Gasteiger partial charge in [0.25, 0.3) is 5.91 Å². The molecule has 0 aliphatic rings. The molecule has 17 heavy (non-hydrogen) atoms. The Balaban J connectivity index is 2.10. The number of benzene rings is 1. The van der Waals surface area contributed by atoms with E-state index in [1.54, 1.807) is 35.7 Å². The monoisotopic (exact) mass is 248 g/mol. The summed E-state index contributed by atoms with van der Waals surface area (Å²) in [6.07, 6.45) is 0. The van der Waals surface area contributed by atoms with Crippen LogP contribution in [0.3, 0.4) is 0 Å². The average Bonchev–Trinajstić information content (AvgIpc) is 2.76. The summed E-state index contributed by atoms with van der Waals surface area (Å²) in [6, 6.07) is 8.70. The molecule has 4 nitrogen and oxygen atoms in total. The minimum absolute atomic E-state index is 0.00784. The summed E-state index contributed by atoms with van der Waals surface area (Å²) in [5.74, 6) is -0.214. The molecule has 2 rings (SSSR count). The van der Waals surface area contributed by atoms with Gasteiger partial charge in [-0.2, -0.15) is 0 Å². The lowest BCUT2D eigenvalue weighted by Crippen LogP contribution is -2.11. The molecule has 2 aromatic rings. The molecule has 5 heteroatoms. The van der Waals surface area contributed by atoms with Gasteiger partial charge < -0.3 is 16.2 Å². The zero-order valence-corrected chi connectivity index (χ0v) is 9.83. The number of rotatable bonds is 3. The van der Waals surface area contributed by atoms with Gasteiger partial charge in [-0.05, 0) is 29.1 Å². The predicted octanol–water partition coefficient (Wildman–Crippen LogP) is 2.07. The van der Waals surface area contributed by atoms with E-state index in [2.05, 4.69) is 5.32 Å². The van der Waals surface area contributed by atoms with Gasteiger partial charge in [-0.1, -0.05) is 12.1 Å². The summed E-state index contributed by atoms with van der Waals surface area (Å²) in [4.78, 5) is 12.3. The van der Waals surface area contributed by atoms with Crippen LogP contribution in [-0.4, -0.2) is 11.0 Å². The number of thiophene rings is 1. The zero-order chi connectivity index (χ0) is 12.3. The van der Waals surface area contributed by atoms with Crippen molar-refractivity contribution in [3.8, 4) is 0 Å². The Bertz CT molecular complexity index is 520. The van der Waals surface area contributed by atoms with Gasteiger partial charge in [0.1, 0.15) is 4.88 Å². The number of anilines is 2. The van der Waals surface area contributed by atoms with E-state index in [-0.39, 0.29) is 12.5 Å². The maximum Gasteiger partial charge on any atom is 0.267 e. The van der Waals surface area contributed by atoms with Crippen LogP contribution in [0.5, 0.6) is 0 Å². The second-order valence-corrected chi connectivity index (χ2v) is 4.43. The number of carbonyl (C=O) groups excluding carboxylic acids is 1. The number of aliphatic hydroxyl groups is 1. The molecule has 1 heterocycles. The van der Waals surface area contributed by atoms with Crippen molar-refractivity contribution in [1.29, 1.82) is 0 Å². The lowest BCUT2D eigenvalue weighted by molar-refractivity contribution is 0.103. The number of carbonyl (C=O) groups is 1. The summed E-state index contributed by atoms with van der Waals surface area (Å²) in [7, 11) is 0. The van der Waals surface area contributed by atoms with Gasteiger partial charge in [-0.15, -0.1) is 11.3 Å². The minimum Gasteiger partial charge on any atom is -0.397 e. The normalized spacial score (nSPS) is 10.2. The highest BCUT2D eigenvalue weighted by atomic mass is 32.1. The number of hydrogen-bond acceptors (Lipinski definition) is 4. The second-order valence-electron chi connectivity index (χ2n) is 3.51. The first-order valence-electron chi connectivity index (χ1n) is 5.05. The zero-order valence-electron chi connectivity index (χ0n) is 9.01. The van der Waals surface area contributed by atoms with Crippen molar-refractivity contribution in [2.45, 2.75) is 6.61 Å². The SMILES string of the molecule is Nc1ccsc1C(=O)Nc1ccc(CO)cc1. The maximum absolute atomic E-state index is 11.8. The number of nitrogens with two attached hydrogens (primary N) is 1. The van der Waals surface area contributed by atoms with Crippen molar-refractivity contribution in [2.24, 2.45) is 0 Å². The smallest absolute Gasteiger partial charge is 0.267 e. The molecule has 0 unspecified atom stereocenters. The summed E-state index contributed by atoms with van der Waals surface area (Å²) >= 11 is 1.31. The van der Waals surface area contributed by atoms with Crippen LogP contribution in [-0.2, 0) is 6.61 Å². The fourth-order valence-electron chi connectivity index (χ4n) is 1.39. The molecule has 0 spiro atoms. The summed E-state index contributed by atoms with van der Waals surface area (Å²) < 4.78 is 0. The Labute approximate surface area is 103 Å². The number of nitrogen functional groups attached to an aromatic ring is 1. The highest BCUT2D eigenvalue weighted by molar-refractivity contribution is 7.12. The first-order valence-corrected chi connectivity index (χ1v) is 5.93. The van der Waals surface area contributed by atoms with Crippen molar-refractivity contribution < 1.29 is 9.90 Å². The van der Waals surface area contributed by atoms with Crippen LogP contribution < -0.4 is 11.1 Å². The van der Waals surface area contributed by atoms with E-state index in [1.165, 1.54) is 11.3 Å². The fourth-order valence-corrected chi connectivity index (χ4v) is 2.10. The summed E-state index contributed by atoms with van der Waals surface area (Å²) in [5.41, 5.74) is 7.63. The molecule has 0 atom stereocenters. The minimum atomic E-state index is -0.214. The molecule has 0 aliphatic carbocycles. The van der Waals surface area contributed by atoms with E-state index < -0.39 is 0 Å². The van der Waals surface area contributed by atoms with E-state index in [0.717, 1.165) is 5.56 Å². The topological polar surface area (TPSA) is 75.4 Å². The van der Waals surface area contributed by atoms with E-state index in [0.29, 0.717) is 16.3 Å². The molecule has 0 aliphatic heterocycles. The standard InChI is InChI=1S/C12H12N2O2S/c13-10-5-6-17-11(10)12(16)14-9-3-1-8(7-15)2-4-9/h1-6,15H,7,13H2,(H,14,16). The van der Waals surface area contributed by atoms with Crippen LogP contribution in [0.4, 0.5) is 11.4 Å². The Morgan fingerprint density at radius 3 is 2.53 bits per heavy atom. The van der Waals surface area contributed by atoms with Gasteiger partial charge in [0.2, 0.25) is 0 Å². The lowest BCUT2D eigenvalue weighted by atomic mass is 10.2.